The van der Waals surface area contributed by atoms with Gasteiger partial charge < -0.3 is 14.8 Å². The van der Waals surface area contributed by atoms with E-state index in [1.807, 2.05) is 0 Å². The number of halogens is 2. The zero-order valence-electron chi connectivity index (χ0n) is 7.16. The monoisotopic (exact) mass is 249 g/mol. The van der Waals surface area contributed by atoms with Gasteiger partial charge in [-0.15, -0.1) is 21.4 Å². The van der Waals surface area contributed by atoms with Gasteiger partial charge in [-0.3, -0.25) is 0 Å². The van der Waals surface area contributed by atoms with Crippen molar-refractivity contribution >= 4 is 34.9 Å². The minimum absolute atomic E-state index is 0.00404. The highest BCUT2D eigenvalue weighted by Gasteiger charge is 2.43. The second-order valence-corrected chi connectivity index (χ2v) is 3.92. The van der Waals surface area contributed by atoms with Gasteiger partial charge >= 0.3 is 6.29 Å². The van der Waals surface area contributed by atoms with Crippen molar-refractivity contribution in [2.75, 3.05) is 5.32 Å². The first-order chi connectivity index (χ1) is 6.96. The molecule has 80 valence electrons. The number of hydrogen-bond donors (Lipinski definition) is 2. The molecule has 0 saturated carbocycles. The number of thiol groups is 1. The van der Waals surface area contributed by atoms with Crippen LogP contribution >= 0.6 is 24.8 Å². The van der Waals surface area contributed by atoms with Crippen LogP contribution in [0.1, 0.15) is 0 Å². The Balaban J connectivity index is 2.26. The highest BCUT2D eigenvalue weighted by Crippen LogP contribution is 2.42. The molecule has 0 aliphatic carbocycles. The SMILES string of the molecule is FC1(F)Oc2ccc(NC(=S)S)cc2O1. The van der Waals surface area contributed by atoms with Crippen LogP contribution in [0.5, 0.6) is 11.5 Å². The molecule has 1 aliphatic rings. The molecule has 7 heteroatoms. The number of ether oxygens (including phenoxy) is 2. The van der Waals surface area contributed by atoms with Gasteiger partial charge in [-0.1, -0.05) is 12.2 Å². The Morgan fingerprint density at radius 1 is 1.33 bits per heavy atom. The predicted molar refractivity (Wildman–Crippen MR) is 57.9 cm³/mol. The Labute approximate surface area is 94.8 Å². The molecule has 3 nitrogen and oxygen atoms in total. The molecule has 0 spiro atoms. The smallest absolute Gasteiger partial charge is 0.395 e. The largest absolute Gasteiger partial charge is 0.586 e. The van der Waals surface area contributed by atoms with Gasteiger partial charge in [0.25, 0.3) is 0 Å². The van der Waals surface area contributed by atoms with Crippen molar-refractivity contribution in [1.29, 1.82) is 0 Å². The van der Waals surface area contributed by atoms with Gasteiger partial charge in [0.15, 0.2) is 11.5 Å². The van der Waals surface area contributed by atoms with E-state index in [0.29, 0.717) is 5.69 Å². The van der Waals surface area contributed by atoms with Crippen LogP contribution in [0.25, 0.3) is 0 Å². The fourth-order valence-electron chi connectivity index (χ4n) is 1.15. The Bertz CT molecular complexity index is 425. The summed E-state index contributed by atoms with van der Waals surface area (Å²) in [6.07, 6.45) is -3.59. The van der Waals surface area contributed by atoms with Crippen molar-refractivity contribution in [2.45, 2.75) is 6.29 Å². The summed E-state index contributed by atoms with van der Waals surface area (Å²) in [6, 6.07) is 4.26. The minimum atomic E-state index is -3.59. The highest BCUT2D eigenvalue weighted by molar-refractivity contribution is 8.11. The van der Waals surface area contributed by atoms with Gasteiger partial charge in [-0.2, -0.15) is 0 Å². The first-order valence-electron chi connectivity index (χ1n) is 3.86. The Morgan fingerprint density at radius 2 is 2.00 bits per heavy atom. The molecule has 1 N–H and O–H groups in total. The lowest BCUT2D eigenvalue weighted by Gasteiger charge is -2.04. The summed E-state index contributed by atoms with van der Waals surface area (Å²) in [4.78, 5) is 0. The van der Waals surface area contributed by atoms with Crippen LogP contribution in [-0.4, -0.2) is 10.6 Å². The number of nitrogens with one attached hydrogen (secondary N) is 1. The first-order valence-corrected chi connectivity index (χ1v) is 4.72. The van der Waals surface area contributed by atoms with E-state index in [1.165, 1.54) is 18.2 Å². The second kappa shape index (κ2) is 3.49. The topological polar surface area (TPSA) is 30.5 Å². The van der Waals surface area contributed by atoms with Crippen molar-refractivity contribution in [3.05, 3.63) is 18.2 Å². The zero-order valence-corrected chi connectivity index (χ0v) is 8.87. The van der Waals surface area contributed by atoms with E-state index in [0.717, 1.165) is 0 Å². The average Bonchev–Trinajstić information content (AvgIpc) is 2.36. The molecular weight excluding hydrogens is 244 g/mol. The molecular formula is C8H5F2NO2S2. The summed E-state index contributed by atoms with van der Waals surface area (Å²) in [5.74, 6) is -0.0368. The molecule has 1 aliphatic heterocycles. The fraction of sp³-hybridized carbons (Fsp3) is 0.125. The number of hydrogen-bond acceptors (Lipinski definition) is 3. The van der Waals surface area contributed by atoms with Crippen molar-refractivity contribution in [3.8, 4) is 11.5 Å². The van der Waals surface area contributed by atoms with Gasteiger partial charge in [0, 0.05) is 11.8 Å². The normalized spacial score (nSPS) is 16.2. The Hall–Kier alpha value is -1.08. The summed E-state index contributed by atoms with van der Waals surface area (Å²) >= 11 is 8.53. The number of anilines is 1. The lowest BCUT2D eigenvalue weighted by Crippen LogP contribution is -2.25. The van der Waals surface area contributed by atoms with Crippen LogP contribution in [0, 0.1) is 0 Å². The van der Waals surface area contributed by atoms with Crippen molar-refractivity contribution in [2.24, 2.45) is 0 Å². The summed E-state index contributed by atoms with van der Waals surface area (Å²) < 4.78 is 34.0. The molecule has 0 bridgehead atoms. The molecule has 1 aromatic rings. The summed E-state index contributed by atoms with van der Waals surface area (Å²) in [6.45, 7) is 0. The van der Waals surface area contributed by atoms with Crippen LogP contribution in [0.3, 0.4) is 0 Å². The Kier molecular flexibility index (Phi) is 2.43. The van der Waals surface area contributed by atoms with E-state index < -0.39 is 6.29 Å². The third-order valence-electron chi connectivity index (χ3n) is 1.65. The van der Waals surface area contributed by atoms with Crippen molar-refractivity contribution in [1.82, 2.24) is 0 Å². The number of benzene rings is 1. The zero-order chi connectivity index (χ0) is 11.1. The highest BCUT2D eigenvalue weighted by atomic mass is 32.1. The maximum atomic E-state index is 12.6. The van der Waals surface area contributed by atoms with Crippen LogP contribution in [0.4, 0.5) is 14.5 Å². The number of alkyl halides is 2. The lowest BCUT2D eigenvalue weighted by molar-refractivity contribution is -0.286. The van der Waals surface area contributed by atoms with Gasteiger partial charge in [-0.25, -0.2) is 0 Å². The van der Waals surface area contributed by atoms with Gasteiger partial charge in [-0.05, 0) is 12.1 Å². The maximum absolute atomic E-state index is 12.6. The van der Waals surface area contributed by atoms with E-state index in [4.69, 9.17) is 0 Å². The van der Waals surface area contributed by atoms with Crippen molar-refractivity contribution < 1.29 is 18.3 Å². The molecule has 0 saturated heterocycles. The van der Waals surface area contributed by atoms with Crippen LogP contribution in [0.15, 0.2) is 18.2 Å². The molecule has 0 fully saturated rings. The van der Waals surface area contributed by atoms with E-state index in [1.54, 1.807) is 0 Å². The standard InChI is InChI=1S/C8H5F2NO2S2/c9-8(10)12-5-2-1-4(11-7(14)15)3-6(5)13-8/h1-3H,(H2,11,14,15). The first kappa shape index (κ1) is 10.4. The molecule has 1 aromatic carbocycles. The lowest BCUT2D eigenvalue weighted by atomic mass is 10.3. The van der Waals surface area contributed by atoms with E-state index >= 15 is 0 Å². The summed E-state index contributed by atoms with van der Waals surface area (Å²) in [7, 11) is 0. The van der Waals surface area contributed by atoms with Gasteiger partial charge in [0.1, 0.15) is 4.32 Å². The Morgan fingerprint density at radius 3 is 2.67 bits per heavy atom. The molecule has 0 aromatic heterocycles. The van der Waals surface area contributed by atoms with Gasteiger partial charge in [0.2, 0.25) is 0 Å². The van der Waals surface area contributed by atoms with Gasteiger partial charge in [0.05, 0.1) is 0 Å². The molecule has 2 rings (SSSR count). The second-order valence-electron chi connectivity index (χ2n) is 2.76. The molecule has 1 heterocycles. The average molecular weight is 249 g/mol. The van der Waals surface area contributed by atoms with E-state index in [9.17, 15) is 8.78 Å². The molecule has 15 heavy (non-hydrogen) atoms. The predicted octanol–water partition coefficient (Wildman–Crippen LogP) is 2.63. The molecule has 0 atom stereocenters. The minimum Gasteiger partial charge on any atom is -0.395 e. The third kappa shape index (κ3) is 2.29. The third-order valence-corrected chi connectivity index (χ3v) is 1.87. The van der Waals surface area contributed by atoms with E-state index in [2.05, 4.69) is 39.6 Å². The van der Waals surface area contributed by atoms with Crippen LogP contribution in [-0.2, 0) is 0 Å². The summed E-state index contributed by atoms with van der Waals surface area (Å²) in [5, 5.41) is 2.68. The number of rotatable bonds is 1. The number of thiocarbonyl (C=S) groups is 1. The summed E-state index contributed by atoms with van der Waals surface area (Å²) in [5.41, 5.74) is 0.509. The molecule has 0 radical (unpaired) electrons. The fourth-order valence-corrected chi connectivity index (χ4v) is 1.40. The van der Waals surface area contributed by atoms with E-state index in [-0.39, 0.29) is 15.8 Å². The van der Waals surface area contributed by atoms with Crippen molar-refractivity contribution in [3.63, 3.8) is 0 Å². The number of fused-ring (bicyclic) bond motifs is 1. The quantitative estimate of drug-likeness (QED) is 0.591. The molecule has 0 amide bonds. The van der Waals surface area contributed by atoms with Crippen LogP contribution in [0.2, 0.25) is 0 Å². The maximum Gasteiger partial charge on any atom is 0.586 e. The molecule has 0 unspecified atom stereocenters. The van der Waals surface area contributed by atoms with Crippen LogP contribution < -0.4 is 14.8 Å².